The number of pyridine rings is 1. The number of amides is 1. The van der Waals surface area contributed by atoms with Crippen LogP contribution in [0.1, 0.15) is 23.3 Å². The average Bonchev–Trinajstić information content (AvgIpc) is 3.24. The lowest BCUT2D eigenvalue weighted by atomic mass is 9.72. The van der Waals surface area contributed by atoms with E-state index in [-0.39, 0.29) is 11.7 Å². The largest absolute Gasteiger partial charge is 0.435 e. The van der Waals surface area contributed by atoms with Gasteiger partial charge in [0.05, 0.1) is 0 Å². The summed E-state index contributed by atoms with van der Waals surface area (Å²) in [4.78, 5) is 30.5. The van der Waals surface area contributed by atoms with Gasteiger partial charge in [-0.15, -0.1) is 0 Å². The Hall–Kier alpha value is -3.80. The fourth-order valence-corrected chi connectivity index (χ4v) is 4.95. The molecule has 0 bridgehead atoms. The fourth-order valence-electron chi connectivity index (χ4n) is 4.95. The molecular formula is C25H30F2N8O2. The van der Waals surface area contributed by atoms with E-state index in [9.17, 15) is 13.6 Å². The Bertz CT molecular complexity index is 1280. The molecule has 196 valence electrons. The molecule has 2 saturated heterocycles. The summed E-state index contributed by atoms with van der Waals surface area (Å²) >= 11 is 0. The lowest BCUT2D eigenvalue weighted by Gasteiger charge is -2.54. The molecule has 2 fully saturated rings. The van der Waals surface area contributed by atoms with Crippen molar-refractivity contribution in [3.8, 4) is 17.1 Å². The van der Waals surface area contributed by atoms with Crippen molar-refractivity contribution in [2.45, 2.75) is 19.5 Å². The number of rotatable bonds is 7. The Balaban J connectivity index is 1.45. The first-order valence-electron chi connectivity index (χ1n) is 12.1. The summed E-state index contributed by atoms with van der Waals surface area (Å²) in [7, 11) is 5.52. The van der Waals surface area contributed by atoms with Gasteiger partial charge in [-0.2, -0.15) is 8.78 Å². The van der Waals surface area contributed by atoms with Crippen molar-refractivity contribution < 1.29 is 18.3 Å². The number of nitrogens with zero attached hydrogens (tertiary/aromatic N) is 6. The van der Waals surface area contributed by atoms with Crippen LogP contribution in [0.2, 0.25) is 0 Å². The molecule has 37 heavy (non-hydrogen) atoms. The van der Waals surface area contributed by atoms with Crippen LogP contribution in [-0.4, -0.2) is 77.2 Å². The normalized spacial score (nSPS) is 17.1. The summed E-state index contributed by atoms with van der Waals surface area (Å²) in [5.41, 5.74) is 1.46. The van der Waals surface area contributed by atoms with Gasteiger partial charge < -0.3 is 29.7 Å². The predicted molar refractivity (Wildman–Crippen MR) is 135 cm³/mol. The van der Waals surface area contributed by atoms with Crippen LogP contribution in [0, 0.1) is 5.41 Å². The van der Waals surface area contributed by atoms with Crippen LogP contribution in [-0.2, 0) is 7.05 Å². The molecule has 1 amide bonds. The van der Waals surface area contributed by atoms with E-state index in [1.54, 1.807) is 30.9 Å². The van der Waals surface area contributed by atoms with Crippen molar-refractivity contribution in [2.24, 2.45) is 12.5 Å². The molecule has 0 saturated carbocycles. The fraction of sp³-hybridized carbons (Fsp3) is 0.440. The smallest absolute Gasteiger partial charge is 0.387 e. The maximum absolute atomic E-state index is 12.7. The average molecular weight is 513 g/mol. The summed E-state index contributed by atoms with van der Waals surface area (Å²) in [6, 6.07) is 6.32. The van der Waals surface area contributed by atoms with Gasteiger partial charge in [0, 0.05) is 62.7 Å². The molecule has 1 spiro atoms. The summed E-state index contributed by atoms with van der Waals surface area (Å²) in [5, 5.41) is 5.73. The minimum Gasteiger partial charge on any atom is -0.435 e. The topological polar surface area (TPSA) is 100 Å². The second-order valence-corrected chi connectivity index (χ2v) is 9.78. The number of carbonyl (C=O) groups excluding carboxylic acids is 1. The number of carbonyl (C=O) groups is 1. The van der Waals surface area contributed by atoms with Crippen molar-refractivity contribution in [3.05, 3.63) is 42.4 Å². The van der Waals surface area contributed by atoms with Crippen molar-refractivity contribution in [2.75, 3.05) is 50.5 Å². The number of likely N-dealkylation sites (tertiary alicyclic amines) is 1. The van der Waals surface area contributed by atoms with Gasteiger partial charge in [-0.05, 0) is 45.1 Å². The van der Waals surface area contributed by atoms with Crippen molar-refractivity contribution >= 4 is 23.4 Å². The molecule has 2 N–H and O–H groups in total. The van der Waals surface area contributed by atoms with Crippen molar-refractivity contribution in [1.29, 1.82) is 0 Å². The van der Waals surface area contributed by atoms with Gasteiger partial charge >= 0.3 is 6.61 Å². The van der Waals surface area contributed by atoms with Crippen LogP contribution in [0.3, 0.4) is 0 Å². The lowest BCUT2D eigenvalue weighted by Crippen LogP contribution is -2.60. The summed E-state index contributed by atoms with van der Waals surface area (Å²) in [5.74, 6) is 1.74. The molecule has 3 aromatic rings. The highest BCUT2D eigenvalue weighted by Crippen LogP contribution is 2.42. The number of hydrogen-bond acceptors (Lipinski definition) is 8. The number of aryl methyl sites for hydroxylation is 1. The zero-order chi connectivity index (χ0) is 26.2. The van der Waals surface area contributed by atoms with Gasteiger partial charge in [-0.1, -0.05) is 0 Å². The number of aromatic nitrogens is 4. The Morgan fingerprint density at radius 3 is 2.57 bits per heavy atom. The Kier molecular flexibility index (Phi) is 6.67. The number of hydrogen-bond donors (Lipinski definition) is 2. The first kappa shape index (κ1) is 24.9. The van der Waals surface area contributed by atoms with Gasteiger partial charge in [-0.25, -0.2) is 15.0 Å². The molecule has 0 unspecified atom stereocenters. The molecule has 5 rings (SSSR count). The first-order chi connectivity index (χ1) is 17.7. The van der Waals surface area contributed by atoms with Crippen LogP contribution in [0.25, 0.3) is 11.4 Å². The first-order valence-corrected chi connectivity index (χ1v) is 12.1. The number of anilines is 3. The van der Waals surface area contributed by atoms with Crippen LogP contribution in [0.15, 0.2) is 36.7 Å². The van der Waals surface area contributed by atoms with E-state index in [2.05, 4.69) is 42.2 Å². The summed E-state index contributed by atoms with van der Waals surface area (Å²) < 4.78 is 31.6. The van der Waals surface area contributed by atoms with Crippen LogP contribution < -0.4 is 20.3 Å². The lowest BCUT2D eigenvalue weighted by molar-refractivity contribution is -0.0498. The zero-order valence-corrected chi connectivity index (χ0v) is 21.0. The Labute approximate surface area is 213 Å². The van der Waals surface area contributed by atoms with Gasteiger partial charge in [-0.3, -0.25) is 4.79 Å². The number of piperidine rings is 1. The molecule has 0 aliphatic carbocycles. The molecule has 0 aromatic carbocycles. The SMILES string of the molecule is CNC(=O)c1cc(-c2nc(Nc3cc(OC(F)F)ccn3)cc(N3CC4(CCN(C)CC4)C3)n2)cn1C. The van der Waals surface area contributed by atoms with Crippen LogP contribution in [0.5, 0.6) is 5.75 Å². The maximum Gasteiger partial charge on any atom is 0.387 e. The van der Waals surface area contributed by atoms with E-state index in [0.29, 0.717) is 34.1 Å². The molecule has 0 radical (unpaired) electrons. The number of halogens is 2. The second kappa shape index (κ2) is 9.92. The maximum atomic E-state index is 12.7. The van der Waals surface area contributed by atoms with E-state index in [0.717, 1.165) is 44.8 Å². The molecule has 3 aromatic heterocycles. The number of nitrogens with one attached hydrogen (secondary N) is 2. The minimum atomic E-state index is -2.93. The van der Waals surface area contributed by atoms with Crippen LogP contribution >= 0.6 is 0 Å². The molecule has 5 heterocycles. The Morgan fingerprint density at radius 1 is 1.11 bits per heavy atom. The molecular weight excluding hydrogens is 482 g/mol. The Morgan fingerprint density at radius 2 is 1.86 bits per heavy atom. The van der Waals surface area contributed by atoms with Crippen molar-refractivity contribution in [1.82, 2.24) is 29.7 Å². The van der Waals surface area contributed by atoms with E-state index in [1.165, 1.54) is 18.3 Å². The highest BCUT2D eigenvalue weighted by molar-refractivity contribution is 5.94. The van der Waals surface area contributed by atoms with E-state index >= 15 is 0 Å². The standard InChI is InChI=1S/C25H30F2N8O2/c1-28-23(36)18-10-16(13-34(18)3)22-31-20(30-19-11-17(4-7-29-19)37-24(26)27)12-21(32-22)35-14-25(15-35)5-8-33(2)9-6-25/h4,7,10-13,24H,5-6,8-9,14-15H2,1-3H3,(H,28,36)(H,29,30,31,32). The monoisotopic (exact) mass is 512 g/mol. The van der Waals surface area contributed by atoms with Gasteiger partial charge in [0.15, 0.2) is 5.82 Å². The third kappa shape index (κ3) is 5.33. The van der Waals surface area contributed by atoms with Crippen LogP contribution in [0.4, 0.5) is 26.2 Å². The van der Waals surface area contributed by atoms with Gasteiger partial charge in [0.25, 0.3) is 5.91 Å². The second-order valence-electron chi connectivity index (χ2n) is 9.78. The number of ether oxygens (including phenoxy) is 1. The van der Waals surface area contributed by atoms with Crippen molar-refractivity contribution in [3.63, 3.8) is 0 Å². The van der Waals surface area contributed by atoms with Gasteiger partial charge in [0.1, 0.15) is 28.9 Å². The highest BCUT2D eigenvalue weighted by atomic mass is 19.3. The van der Waals surface area contributed by atoms with E-state index in [1.807, 2.05) is 6.07 Å². The third-order valence-corrected chi connectivity index (χ3v) is 7.07. The van der Waals surface area contributed by atoms with E-state index in [4.69, 9.17) is 4.98 Å². The number of alkyl halides is 2. The zero-order valence-electron chi connectivity index (χ0n) is 21.0. The van der Waals surface area contributed by atoms with E-state index < -0.39 is 6.61 Å². The summed E-state index contributed by atoms with van der Waals surface area (Å²) in [6.45, 7) is 1.06. The molecule has 10 nitrogen and oxygen atoms in total. The third-order valence-electron chi connectivity index (χ3n) is 7.07. The molecule has 0 atom stereocenters. The highest BCUT2D eigenvalue weighted by Gasteiger charge is 2.45. The predicted octanol–water partition coefficient (Wildman–Crippen LogP) is 3.11. The van der Waals surface area contributed by atoms with Gasteiger partial charge in [0.2, 0.25) is 0 Å². The quantitative estimate of drug-likeness (QED) is 0.498. The minimum absolute atomic E-state index is 0.00719. The molecule has 12 heteroatoms. The molecule has 2 aliphatic rings. The molecule has 2 aliphatic heterocycles. The summed E-state index contributed by atoms with van der Waals surface area (Å²) in [6.07, 6.45) is 5.49.